The van der Waals surface area contributed by atoms with Crippen molar-refractivity contribution < 1.29 is 9.90 Å². The number of nitrogens with two attached hydrogens (primary N) is 1. The number of carbonyl (C=O) groups excluding carboxylic acids is 1. The lowest BCUT2D eigenvalue weighted by Crippen LogP contribution is -2.29. The Morgan fingerprint density at radius 3 is 2.69 bits per heavy atom. The Morgan fingerprint density at radius 2 is 2.15 bits per heavy atom. The first-order chi connectivity index (χ1) is 6.16. The molecule has 1 unspecified atom stereocenters. The lowest BCUT2D eigenvalue weighted by molar-refractivity contribution is 0.0762. The monoisotopic (exact) mass is 179 g/mol. The van der Waals surface area contributed by atoms with Crippen LogP contribution in [0.5, 0.6) is 0 Å². The van der Waals surface area contributed by atoms with Crippen LogP contribution in [0.2, 0.25) is 0 Å². The van der Waals surface area contributed by atoms with Crippen molar-refractivity contribution in [3.63, 3.8) is 0 Å². The molecule has 0 spiro atoms. The molecular weight excluding hydrogens is 166 g/mol. The SMILES string of the molecule is Cc1ccccc1C(=O)C(O)CN. The maximum atomic E-state index is 11.5. The van der Waals surface area contributed by atoms with E-state index in [1.807, 2.05) is 19.1 Å². The minimum atomic E-state index is -1.08. The summed E-state index contributed by atoms with van der Waals surface area (Å²) in [6, 6.07) is 7.14. The minimum absolute atomic E-state index is 0.0346. The predicted molar refractivity (Wildman–Crippen MR) is 50.6 cm³/mol. The molecule has 1 aromatic rings. The van der Waals surface area contributed by atoms with Gasteiger partial charge in [-0.05, 0) is 12.5 Å². The van der Waals surface area contributed by atoms with Crippen molar-refractivity contribution in [2.45, 2.75) is 13.0 Å². The van der Waals surface area contributed by atoms with Gasteiger partial charge in [0.25, 0.3) is 0 Å². The molecule has 13 heavy (non-hydrogen) atoms. The van der Waals surface area contributed by atoms with Gasteiger partial charge in [0.15, 0.2) is 5.78 Å². The third-order valence-corrected chi connectivity index (χ3v) is 1.94. The maximum absolute atomic E-state index is 11.5. The molecular formula is C10H13NO2. The molecule has 3 nitrogen and oxygen atoms in total. The van der Waals surface area contributed by atoms with Crippen LogP contribution in [0.25, 0.3) is 0 Å². The van der Waals surface area contributed by atoms with Crippen molar-refractivity contribution in [3.8, 4) is 0 Å². The van der Waals surface area contributed by atoms with Crippen LogP contribution in [0.3, 0.4) is 0 Å². The van der Waals surface area contributed by atoms with E-state index in [0.29, 0.717) is 5.56 Å². The molecule has 0 aromatic heterocycles. The number of aliphatic hydroxyl groups is 1. The van der Waals surface area contributed by atoms with E-state index in [1.165, 1.54) is 0 Å². The summed E-state index contributed by atoms with van der Waals surface area (Å²) < 4.78 is 0. The van der Waals surface area contributed by atoms with Crippen LogP contribution in [0, 0.1) is 6.92 Å². The van der Waals surface area contributed by atoms with Gasteiger partial charge in [-0.3, -0.25) is 4.79 Å². The molecule has 1 rings (SSSR count). The summed E-state index contributed by atoms with van der Waals surface area (Å²) in [6.45, 7) is 1.80. The van der Waals surface area contributed by atoms with Crippen molar-refractivity contribution in [1.29, 1.82) is 0 Å². The first-order valence-electron chi connectivity index (χ1n) is 4.14. The highest BCUT2D eigenvalue weighted by molar-refractivity contribution is 6.00. The number of hydrogen-bond acceptors (Lipinski definition) is 3. The third-order valence-electron chi connectivity index (χ3n) is 1.94. The summed E-state index contributed by atoms with van der Waals surface area (Å²) in [7, 11) is 0. The number of carbonyl (C=O) groups is 1. The topological polar surface area (TPSA) is 63.3 Å². The van der Waals surface area contributed by atoms with Gasteiger partial charge in [0.1, 0.15) is 6.10 Å². The summed E-state index contributed by atoms with van der Waals surface area (Å²) in [5.41, 5.74) is 6.59. The van der Waals surface area contributed by atoms with Gasteiger partial charge in [-0.25, -0.2) is 0 Å². The molecule has 0 aliphatic rings. The standard InChI is InChI=1S/C10H13NO2/c1-7-4-2-3-5-8(7)10(13)9(12)6-11/h2-5,9,12H,6,11H2,1H3. The number of aryl methyl sites for hydroxylation is 1. The summed E-state index contributed by atoms with van der Waals surface area (Å²) in [4.78, 5) is 11.5. The summed E-state index contributed by atoms with van der Waals surface area (Å²) >= 11 is 0. The lowest BCUT2D eigenvalue weighted by atomic mass is 10.0. The van der Waals surface area contributed by atoms with Crippen molar-refractivity contribution in [2.24, 2.45) is 5.73 Å². The van der Waals surface area contributed by atoms with E-state index >= 15 is 0 Å². The number of aliphatic hydroxyl groups excluding tert-OH is 1. The predicted octanol–water partition coefficient (Wildman–Crippen LogP) is 0.497. The molecule has 0 aliphatic heterocycles. The fraction of sp³-hybridized carbons (Fsp3) is 0.300. The average molecular weight is 179 g/mol. The summed E-state index contributed by atoms with van der Waals surface area (Å²) in [5, 5.41) is 9.23. The van der Waals surface area contributed by atoms with Crippen molar-refractivity contribution in [1.82, 2.24) is 0 Å². The van der Waals surface area contributed by atoms with Gasteiger partial charge in [0.05, 0.1) is 0 Å². The molecule has 0 saturated heterocycles. The van der Waals surface area contributed by atoms with Gasteiger partial charge in [0, 0.05) is 12.1 Å². The summed E-state index contributed by atoms with van der Waals surface area (Å²) in [6.07, 6.45) is -1.08. The van der Waals surface area contributed by atoms with Gasteiger partial charge in [-0.15, -0.1) is 0 Å². The highest BCUT2D eigenvalue weighted by Crippen LogP contribution is 2.09. The molecule has 0 radical (unpaired) electrons. The molecule has 0 bridgehead atoms. The van der Waals surface area contributed by atoms with E-state index in [1.54, 1.807) is 12.1 Å². The molecule has 0 amide bonds. The summed E-state index contributed by atoms with van der Waals surface area (Å²) in [5.74, 6) is -0.305. The first kappa shape index (κ1) is 9.89. The highest BCUT2D eigenvalue weighted by Gasteiger charge is 2.16. The number of rotatable bonds is 3. The van der Waals surface area contributed by atoms with Gasteiger partial charge in [0.2, 0.25) is 0 Å². The average Bonchev–Trinajstić information content (AvgIpc) is 2.16. The zero-order valence-corrected chi connectivity index (χ0v) is 7.53. The molecule has 0 fully saturated rings. The molecule has 3 heteroatoms. The fourth-order valence-electron chi connectivity index (χ4n) is 1.14. The van der Waals surface area contributed by atoms with Crippen LogP contribution in [-0.2, 0) is 0 Å². The second-order valence-electron chi connectivity index (χ2n) is 2.93. The van der Waals surface area contributed by atoms with Crippen LogP contribution in [-0.4, -0.2) is 23.5 Å². The van der Waals surface area contributed by atoms with Gasteiger partial charge in [-0.1, -0.05) is 24.3 Å². The van der Waals surface area contributed by atoms with Gasteiger partial charge >= 0.3 is 0 Å². The van der Waals surface area contributed by atoms with Crippen LogP contribution in [0.4, 0.5) is 0 Å². The largest absolute Gasteiger partial charge is 0.384 e. The smallest absolute Gasteiger partial charge is 0.192 e. The van der Waals surface area contributed by atoms with E-state index in [9.17, 15) is 9.90 Å². The zero-order chi connectivity index (χ0) is 9.84. The lowest BCUT2D eigenvalue weighted by Gasteiger charge is -2.08. The van der Waals surface area contributed by atoms with Crippen LogP contribution < -0.4 is 5.73 Å². The van der Waals surface area contributed by atoms with E-state index in [0.717, 1.165) is 5.56 Å². The Balaban J connectivity index is 2.95. The fourth-order valence-corrected chi connectivity index (χ4v) is 1.14. The number of hydrogen-bond donors (Lipinski definition) is 2. The van der Waals surface area contributed by atoms with Crippen LogP contribution in [0.1, 0.15) is 15.9 Å². The normalized spacial score (nSPS) is 12.5. The Hall–Kier alpha value is -1.19. The molecule has 1 atom stereocenters. The number of ketones is 1. The molecule has 70 valence electrons. The van der Waals surface area contributed by atoms with E-state index < -0.39 is 6.10 Å². The Labute approximate surface area is 77.2 Å². The van der Waals surface area contributed by atoms with Crippen LogP contribution in [0.15, 0.2) is 24.3 Å². The molecule has 0 aliphatic carbocycles. The maximum Gasteiger partial charge on any atom is 0.192 e. The van der Waals surface area contributed by atoms with Crippen molar-refractivity contribution >= 4 is 5.78 Å². The quantitative estimate of drug-likeness (QED) is 0.664. The highest BCUT2D eigenvalue weighted by atomic mass is 16.3. The Kier molecular flexibility index (Phi) is 3.17. The van der Waals surface area contributed by atoms with Crippen molar-refractivity contribution in [2.75, 3.05) is 6.54 Å². The number of benzene rings is 1. The Morgan fingerprint density at radius 1 is 1.54 bits per heavy atom. The van der Waals surface area contributed by atoms with Crippen molar-refractivity contribution in [3.05, 3.63) is 35.4 Å². The zero-order valence-electron chi connectivity index (χ0n) is 7.53. The minimum Gasteiger partial charge on any atom is -0.384 e. The molecule has 0 heterocycles. The van der Waals surface area contributed by atoms with Crippen LogP contribution >= 0.6 is 0 Å². The molecule has 0 saturated carbocycles. The first-order valence-corrected chi connectivity index (χ1v) is 4.14. The van der Waals surface area contributed by atoms with Gasteiger partial charge < -0.3 is 10.8 Å². The number of Topliss-reactive ketones (excluding diaryl/α,β-unsaturated/α-hetero) is 1. The van der Waals surface area contributed by atoms with E-state index in [-0.39, 0.29) is 12.3 Å². The molecule has 1 aromatic carbocycles. The molecule has 3 N–H and O–H groups in total. The second kappa shape index (κ2) is 4.16. The van der Waals surface area contributed by atoms with E-state index in [4.69, 9.17) is 5.73 Å². The van der Waals surface area contributed by atoms with E-state index in [2.05, 4.69) is 0 Å². The second-order valence-corrected chi connectivity index (χ2v) is 2.93. The van der Waals surface area contributed by atoms with Gasteiger partial charge in [-0.2, -0.15) is 0 Å². The third kappa shape index (κ3) is 2.14. The Bertz CT molecular complexity index is 310.